The molecule has 0 spiro atoms. The number of para-hydroxylation sites is 1. The number of hydrogen-bond acceptors (Lipinski definition) is 2. The second-order valence-corrected chi connectivity index (χ2v) is 5.18. The van der Waals surface area contributed by atoms with Gasteiger partial charge in [0.1, 0.15) is 0 Å². The van der Waals surface area contributed by atoms with Gasteiger partial charge in [0, 0.05) is 10.6 Å². The van der Waals surface area contributed by atoms with Crippen LogP contribution in [0.1, 0.15) is 39.2 Å². The van der Waals surface area contributed by atoms with Gasteiger partial charge in [-0.25, -0.2) is 0 Å². The molecule has 0 aliphatic heterocycles. The Morgan fingerprint density at radius 1 is 0.895 bits per heavy atom. The quantitative estimate of drug-likeness (QED) is 0.690. The van der Waals surface area contributed by atoms with Crippen LogP contribution in [0, 0.1) is 0 Å². The van der Waals surface area contributed by atoms with Crippen molar-refractivity contribution in [2.75, 3.05) is 4.72 Å². The summed E-state index contributed by atoms with van der Waals surface area (Å²) in [5.74, 6) is 0.576. The molecule has 0 aliphatic carbocycles. The fraction of sp³-hybridized carbons (Fsp3) is 0.294. The molecule has 2 aromatic rings. The van der Waals surface area contributed by atoms with Crippen LogP contribution in [0.15, 0.2) is 59.5 Å². The van der Waals surface area contributed by atoms with E-state index in [0.717, 1.165) is 5.69 Å². The summed E-state index contributed by atoms with van der Waals surface area (Å²) < 4.78 is 3.34. The van der Waals surface area contributed by atoms with Crippen LogP contribution in [0.5, 0.6) is 0 Å². The third-order valence-electron chi connectivity index (χ3n) is 2.59. The highest BCUT2D eigenvalue weighted by atomic mass is 32.2. The molecule has 1 N–H and O–H groups in total. The number of hydrogen-bond donors (Lipinski definition) is 1. The highest BCUT2D eigenvalue weighted by Gasteiger charge is 2.00. The molecule has 0 fully saturated rings. The lowest BCUT2D eigenvalue weighted by atomic mass is 10.0. The third kappa shape index (κ3) is 5.39. The van der Waals surface area contributed by atoms with Gasteiger partial charge in [0.25, 0.3) is 0 Å². The lowest BCUT2D eigenvalue weighted by Crippen LogP contribution is -1.89. The van der Waals surface area contributed by atoms with Gasteiger partial charge in [0.2, 0.25) is 0 Å². The van der Waals surface area contributed by atoms with E-state index in [1.165, 1.54) is 10.5 Å². The number of anilines is 1. The predicted octanol–water partition coefficient (Wildman–Crippen LogP) is 5.96. The molecule has 2 heteroatoms. The van der Waals surface area contributed by atoms with Gasteiger partial charge in [-0.2, -0.15) is 0 Å². The highest BCUT2D eigenvalue weighted by Crippen LogP contribution is 2.24. The summed E-state index contributed by atoms with van der Waals surface area (Å²) in [5, 5.41) is 0. The standard InChI is InChI=1S/C15H17NS.C2H6/c1-12(2)13-7-6-10-15(11-13)17-16-14-8-4-3-5-9-14;1-2/h3-12,16H,1-2H3;1-2H3. The van der Waals surface area contributed by atoms with Crippen molar-refractivity contribution in [3.05, 3.63) is 60.2 Å². The molecule has 19 heavy (non-hydrogen) atoms. The minimum absolute atomic E-state index is 0.576. The van der Waals surface area contributed by atoms with Crippen LogP contribution < -0.4 is 4.72 Å². The summed E-state index contributed by atoms with van der Waals surface area (Å²) in [6, 6.07) is 18.9. The lowest BCUT2D eigenvalue weighted by molar-refractivity contribution is 0.862. The van der Waals surface area contributed by atoms with Gasteiger partial charge in [0.05, 0.1) is 0 Å². The summed E-state index contributed by atoms with van der Waals surface area (Å²) in [4.78, 5) is 1.25. The average Bonchev–Trinajstić information content (AvgIpc) is 2.48. The van der Waals surface area contributed by atoms with E-state index in [4.69, 9.17) is 0 Å². The fourth-order valence-electron chi connectivity index (χ4n) is 1.56. The van der Waals surface area contributed by atoms with E-state index < -0.39 is 0 Å². The topological polar surface area (TPSA) is 12.0 Å². The van der Waals surface area contributed by atoms with Gasteiger partial charge in [-0.1, -0.05) is 58.0 Å². The van der Waals surface area contributed by atoms with E-state index in [0.29, 0.717) is 5.92 Å². The molecule has 0 saturated carbocycles. The zero-order valence-electron chi connectivity index (χ0n) is 12.2. The van der Waals surface area contributed by atoms with Crippen molar-refractivity contribution in [1.29, 1.82) is 0 Å². The van der Waals surface area contributed by atoms with Crippen LogP contribution >= 0.6 is 11.9 Å². The van der Waals surface area contributed by atoms with Crippen LogP contribution in [0.4, 0.5) is 5.69 Å². The normalized spacial score (nSPS) is 9.74. The van der Waals surface area contributed by atoms with Crippen LogP contribution in [-0.4, -0.2) is 0 Å². The number of benzene rings is 2. The van der Waals surface area contributed by atoms with E-state index in [1.54, 1.807) is 11.9 Å². The van der Waals surface area contributed by atoms with Crippen molar-refractivity contribution >= 4 is 17.6 Å². The van der Waals surface area contributed by atoms with Crippen molar-refractivity contribution in [3.63, 3.8) is 0 Å². The van der Waals surface area contributed by atoms with E-state index in [1.807, 2.05) is 32.0 Å². The van der Waals surface area contributed by atoms with Crippen molar-refractivity contribution in [1.82, 2.24) is 0 Å². The molecule has 0 amide bonds. The van der Waals surface area contributed by atoms with Crippen LogP contribution in [-0.2, 0) is 0 Å². The molecule has 2 aromatic carbocycles. The first-order valence-corrected chi connectivity index (χ1v) is 7.65. The Kier molecular flexibility index (Phi) is 7.12. The zero-order chi connectivity index (χ0) is 14.1. The molecule has 0 bridgehead atoms. The monoisotopic (exact) mass is 273 g/mol. The Hall–Kier alpha value is -1.41. The second-order valence-electron chi connectivity index (χ2n) is 4.30. The summed E-state index contributed by atoms with van der Waals surface area (Å²) in [7, 11) is 0. The minimum Gasteiger partial charge on any atom is -0.326 e. The molecule has 2 rings (SSSR count). The fourth-order valence-corrected chi connectivity index (χ4v) is 2.27. The van der Waals surface area contributed by atoms with E-state index in [-0.39, 0.29) is 0 Å². The molecule has 0 heterocycles. The first-order chi connectivity index (χ1) is 9.25. The maximum absolute atomic E-state index is 3.34. The van der Waals surface area contributed by atoms with Gasteiger partial charge in [-0.3, -0.25) is 0 Å². The van der Waals surface area contributed by atoms with Gasteiger partial charge >= 0.3 is 0 Å². The van der Waals surface area contributed by atoms with Crippen molar-refractivity contribution in [3.8, 4) is 0 Å². The smallest absolute Gasteiger partial charge is 0.0443 e. The van der Waals surface area contributed by atoms with E-state index in [9.17, 15) is 0 Å². The molecular formula is C17H23NS. The van der Waals surface area contributed by atoms with Crippen LogP contribution in [0.3, 0.4) is 0 Å². The Balaban J connectivity index is 0.000000861. The summed E-state index contributed by atoms with van der Waals surface area (Å²) >= 11 is 1.66. The Morgan fingerprint density at radius 2 is 1.58 bits per heavy atom. The summed E-state index contributed by atoms with van der Waals surface area (Å²) in [6.45, 7) is 8.43. The van der Waals surface area contributed by atoms with Gasteiger partial charge in [0.15, 0.2) is 0 Å². The predicted molar refractivity (Wildman–Crippen MR) is 87.8 cm³/mol. The molecular weight excluding hydrogens is 250 g/mol. The highest BCUT2D eigenvalue weighted by molar-refractivity contribution is 8.00. The molecule has 0 aliphatic rings. The van der Waals surface area contributed by atoms with Crippen molar-refractivity contribution in [2.45, 2.75) is 38.5 Å². The van der Waals surface area contributed by atoms with Crippen molar-refractivity contribution < 1.29 is 0 Å². The lowest BCUT2D eigenvalue weighted by Gasteiger charge is -2.09. The second kappa shape index (κ2) is 8.65. The molecule has 0 radical (unpaired) electrons. The molecule has 0 atom stereocenters. The van der Waals surface area contributed by atoms with Gasteiger partial charge in [-0.15, -0.1) is 0 Å². The Labute approximate surface area is 121 Å². The summed E-state index contributed by atoms with van der Waals surface area (Å²) in [5.41, 5.74) is 2.51. The zero-order valence-corrected chi connectivity index (χ0v) is 13.0. The SMILES string of the molecule is CC.CC(C)c1cccc(SNc2ccccc2)c1. The largest absolute Gasteiger partial charge is 0.326 e. The molecule has 1 nitrogen and oxygen atoms in total. The Bertz CT molecular complexity index is 466. The molecule has 0 aromatic heterocycles. The van der Waals surface area contributed by atoms with Crippen LogP contribution in [0.25, 0.3) is 0 Å². The Morgan fingerprint density at radius 3 is 2.21 bits per heavy atom. The first kappa shape index (κ1) is 15.6. The average molecular weight is 273 g/mol. The molecule has 0 unspecified atom stereocenters. The van der Waals surface area contributed by atoms with Gasteiger partial charge < -0.3 is 4.72 Å². The van der Waals surface area contributed by atoms with E-state index >= 15 is 0 Å². The van der Waals surface area contributed by atoms with Crippen molar-refractivity contribution in [2.24, 2.45) is 0 Å². The van der Waals surface area contributed by atoms with Gasteiger partial charge in [-0.05, 0) is 47.7 Å². The van der Waals surface area contributed by atoms with Crippen LogP contribution in [0.2, 0.25) is 0 Å². The molecule has 102 valence electrons. The third-order valence-corrected chi connectivity index (χ3v) is 3.41. The minimum atomic E-state index is 0.576. The maximum atomic E-state index is 3.34. The molecule has 0 saturated heterocycles. The summed E-state index contributed by atoms with van der Waals surface area (Å²) in [6.07, 6.45) is 0. The van der Waals surface area contributed by atoms with E-state index in [2.05, 4.69) is 55.0 Å². The number of nitrogens with one attached hydrogen (secondary N) is 1. The first-order valence-electron chi connectivity index (χ1n) is 6.83. The number of rotatable bonds is 4. The maximum Gasteiger partial charge on any atom is 0.0443 e.